The van der Waals surface area contributed by atoms with Crippen molar-refractivity contribution in [2.24, 2.45) is 0 Å². The van der Waals surface area contributed by atoms with Gasteiger partial charge in [0.15, 0.2) is 0 Å². The van der Waals surface area contributed by atoms with Crippen LogP contribution in [-0.4, -0.2) is 24.1 Å². The quantitative estimate of drug-likeness (QED) is 0.675. The first-order chi connectivity index (χ1) is 4.93. The Hall–Kier alpha value is 0.310. The van der Waals surface area contributed by atoms with Crippen molar-refractivity contribution in [3.05, 3.63) is 0 Å². The molecule has 0 aromatic heterocycles. The van der Waals surface area contributed by atoms with Gasteiger partial charge in [-0.3, -0.25) is 0 Å². The highest BCUT2D eigenvalue weighted by Crippen LogP contribution is 2.18. The number of unbranched alkanes of at least 4 members (excludes halogenated alkanes) is 1. The fourth-order valence-corrected chi connectivity index (χ4v) is 2.40. The Kier molecular flexibility index (Phi) is 4.23. The van der Waals surface area contributed by atoms with Gasteiger partial charge in [0, 0.05) is 24.1 Å². The summed E-state index contributed by atoms with van der Waals surface area (Å²) in [6, 6.07) is 0. The van der Waals surface area contributed by atoms with Gasteiger partial charge in [-0.1, -0.05) is 19.8 Å². The molecule has 0 saturated carbocycles. The minimum Gasteiger partial charge on any atom is -0.315 e. The number of hydrogen-bond acceptors (Lipinski definition) is 2. The van der Waals surface area contributed by atoms with Crippen LogP contribution in [0.1, 0.15) is 26.2 Å². The third kappa shape index (κ3) is 2.93. The molecule has 0 radical (unpaired) electrons. The van der Waals surface area contributed by atoms with Crippen molar-refractivity contribution in [1.82, 2.24) is 5.32 Å². The SMILES string of the molecule is CCCCC1CNCCS1. The lowest BCUT2D eigenvalue weighted by molar-refractivity contribution is 0.610. The molecule has 0 aromatic carbocycles. The minimum atomic E-state index is 0.911. The topological polar surface area (TPSA) is 12.0 Å². The van der Waals surface area contributed by atoms with E-state index in [4.69, 9.17) is 0 Å². The molecule has 1 fully saturated rings. The summed E-state index contributed by atoms with van der Waals surface area (Å²) < 4.78 is 0. The summed E-state index contributed by atoms with van der Waals surface area (Å²) in [5.74, 6) is 1.31. The second-order valence-electron chi connectivity index (χ2n) is 2.84. The van der Waals surface area contributed by atoms with E-state index in [0.717, 1.165) is 5.25 Å². The number of hydrogen-bond donors (Lipinski definition) is 1. The van der Waals surface area contributed by atoms with Crippen molar-refractivity contribution < 1.29 is 0 Å². The molecule has 1 heterocycles. The van der Waals surface area contributed by atoms with E-state index >= 15 is 0 Å². The Morgan fingerprint density at radius 3 is 3.10 bits per heavy atom. The maximum atomic E-state index is 3.42. The normalized spacial score (nSPS) is 26.7. The lowest BCUT2D eigenvalue weighted by Crippen LogP contribution is -2.32. The van der Waals surface area contributed by atoms with E-state index in [0.29, 0.717) is 0 Å². The lowest BCUT2D eigenvalue weighted by Gasteiger charge is -2.21. The molecule has 1 N–H and O–H groups in total. The number of thioether (sulfide) groups is 1. The fraction of sp³-hybridized carbons (Fsp3) is 1.00. The van der Waals surface area contributed by atoms with Crippen molar-refractivity contribution >= 4 is 11.8 Å². The molecule has 0 bridgehead atoms. The Labute approximate surface area is 68.0 Å². The molecule has 10 heavy (non-hydrogen) atoms. The van der Waals surface area contributed by atoms with Crippen LogP contribution in [0.5, 0.6) is 0 Å². The molecule has 0 aliphatic carbocycles. The van der Waals surface area contributed by atoms with E-state index in [1.165, 1.54) is 38.1 Å². The lowest BCUT2D eigenvalue weighted by atomic mass is 10.2. The summed E-state index contributed by atoms with van der Waals surface area (Å²) in [6.45, 7) is 4.72. The Bertz CT molecular complexity index is 79.3. The van der Waals surface area contributed by atoms with Gasteiger partial charge in [0.2, 0.25) is 0 Å². The van der Waals surface area contributed by atoms with E-state index in [1.807, 2.05) is 0 Å². The number of nitrogens with one attached hydrogen (secondary N) is 1. The van der Waals surface area contributed by atoms with Crippen LogP contribution in [0.3, 0.4) is 0 Å². The molecule has 1 saturated heterocycles. The summed E-state index contributed by atoms with van der Waals surface area (Å²) >= 11 is 2.14. The molecule has 1 rings (SSSR count). The van der Waals surface area contributed by atoms with Gasteiger partial charge in [0.05, 0.1) is 0 Å². The molecule has 1 unspecified atom stereocenters. The predicted octanol–water partition coefficient (Wildman–Crippen LogP) is 1.88. The van der Waals surface area contributed by atoms with Crippen LogP contribution in [0.4, 0.5) is 0 Å². The zero-order valence-electron chi connectivity index (χ0n) is 6.73. The van der Waals surface area contributed by atoms with E-state index in [2.05, 4.69) is 24.0 Å². The monoisotopic (exact) mass is 159 g/mol. The highest BCUT2D eigenvalue weighted by atomic mass is 32.2. The van der Waals surface area contributed by atoms with Crippen molar-refractivity contribution in [3.63, 3.8) is 0 Å². The van der Waals surface area contributed by atoms with Gasteiger partial charge in [-0.2, -0.15) is 11.8 Å². The molecule has 60 valence electrons. The molecular formula is C8H17NS. The first kappa shape index (κ1) is 8.41. The Balaban J connectivity index is 2.02. The van der Waals surface area contributed by atoms with Crippen LogP contribution in [0.2, 0.25) is 0 Å². The van der Waals surface area contributed by atoms with Crippen LogP contribution in [-0.2, 0) is 0 Å². The molecule has 2 heteroatoms. The molecule has 1 aliphatic rings. The summed E-state index contributed by atoms with van der Waals surface area (Å²) in [6.07, 6.45) is 4.16. The van der Waals surface area contributed by atoms with Crippen LogP contribution in [0.15, 0.2) is 0 Å². The van der Waals surface area contributed by atoms with Crippen LogP contribution >= 0.6 is 11.8 Å². The Morgan fingerprint density at radius 2 is 2.50 bits per heavy atom. The maximum absolute atomic E-state index is 3.42. The van der Waals surface area contributed by atoms with Gasteiger partial charge in [-0.25, -0.2) is 0 Å². The highest BCUT2D eigenvalue weighted by Gasteiger charge is 2.11. The third-order valence-electron chi connectivity index (χ3n) is 1.88. The van der Waals surface area contributed by atoms with Crippen LogP contribution < -0.4 is 5.32 Å². The third-order valence-corrected chi connectivity index (χ3v) is 3.20. The molecular weight excluding hydrogens is 142 g/mol. The van der Waals surface area contributed by atoms with Crippen LogP contribution in [0, 0.1) is 0 Å². The van der Waals surface area contributed by atoms with Gasteiger partial charge in [0.25, 0.3) is 0 Å². The average Bonchev–Trinajstić information content (AvgIpc) is 2.03. The molecule has 0 spiro atoms. The van der Waals surface area contributed by atoms with Gasteiger partial charge in [-0.15, -0.1) is 0 Å². The molecule has 1 aliphatic heterocycles. The van der Waals surface area contributed by atoms with Crippen LogP contribution in [0.25, 0.3) is 0 Å². The molecule has 1 atom stereocenters. The van der Waals surface area contributed by atoms with E-state index in [9.17, 15) is 0 Å². The Morgan fingerprint density at radius 1 is 1.60 bits per heavy atom. The fourth-order valence-electron chi connectivity index (χ4n) is 1.24. The standard InChI is InChI=1S/C8H17NS/c1-2-3-4-8-7-9-5-6-10-8/h8-9H,2-7H2,1H3. The minimum absolute atomic E-state index is 0.911. The van der Waals surface area contributed by atoms with Gasteiger partial charge in [-0.05, 0) is 6.42 Å². The zero-order chi connectivity index (χ0) is 7.23. The van der Waals surface area contributed by atoms with E-state index in [-0.39, 0.29) is 0 Å². The molecule has 1 nitrogen and oxygen atoms in total. The smallest absolute Gasteiger partial charge is 0.0172 e. The second-order valence-corrected chi connectivity index (χ2v) is 4.25. The van der Waals surface area contributed by atoms with E-state index < -0.39 is 0 Å². The molecule has 0 amide bonds. The highest BCUT2D eigenvalue weighted by molar-refractivity contribution is 8.00. The molecule has 0 aromatic rings. The van der Waals surface area contributed by atoms with Crippen molar-refractivity contribution in [2.75, 3.05) is 18.8 Å². The average molecular weight is 159 g/mol. The summed E-state index contributed by atoms with van der Waals surface area (Å²) in [5, 5.41) is 4.33. The zero-order valence-corrected chi connectivity index (χ0v) is 7.54. The summed E-state index contributed by atoms with van der Waals surface area (Å²) in [7, 11) is 0. The maximum Gasteiger partial charge on any atom is 0.0172 e. The van der Waals surface area contributed by atoms with Crippen molar-refractivity contribution in [1.29, 1.82) is 0 Å². The first-order valence-corrected chi connectivity index (χ1v) is 5.30. The second kappa shape index (κ2) is 5.03. The van der Waals surface area contributed by atoms with Crippen molar-refractivity contribution in [3.8, 4) is 0 Å². The summed E-state index contributed by atoms with van der Waals surface area (Å²) in [4.78, 5) is 0. The van der Waals surface area contributed by atoms with Gasteiger partial charge < -0.3 is 5.32 Å². The van der Waals surface area contributed by atoms with E-state index in [1.54, 1.807) is 0 Å². The number of rotatable bonds is 3. The largest absolute Gasteiger partial charge is 0.315 e. The van der Waals surface area contributed by atoms with Gasteiger partial charge in [0.1, 0.15) is 0 Å². The predicted molar refractivity (Wildman–Crippen MR) is 48.6 cm³/mol. The van der Waals surface area contributed by atoms with Gasteiger partial charge >= 0.3 is 0 Å². The first-order valence-electron chi connectivity index (χ1n) is 4.26. The van der Waals surface area contributed by atoms with Crippen molar-refractivity contribution in [2.45, 2.75) is 31.4 Å². The summed E-state index contributed by atoms with van der Waals surface area (Å²) in [5.41, 5.74) is 0.